The Morgan fingerprint density at radius 3 is 2.90 bits per heavy atom. The van der Waals surface area contributed by atoms with Crippen molar-refractivity contribution < 1.29 is 4.79 Å². The summed E-state index contributed by atoms with van der Waals surface area (Å²) in [5.74, 6) is 6.84. The molecule has 0 heterocycles. The summed E-state index contributed by atoms with van der Waals surface area (Å²) in [5, 5.41) is 3.05. The third-order valence-corrected chi connectivity index (χ3v) is 4.17. The van der Waals surface area contributed by atoms with E-state index in [1.807, 2.05) is 25.1 Å². The molecule has 1 aromatic rings. The molecule has 1 amide bonds. The quantitative estimate of drug-likeness (QED) is 0.584. The molecule has 4 heteroatoms. The number of aryl methyl sites for hydroxylation is 1. The fourth-order valence-electron chi connectivity index (χ4n) is 3.05. The second-order valence-electron chi connectivity index (χ2n) is 6.04. The van der Waals surface area contributed by atoms with E-state index in [0.717, 1.165) is 18.0 Å². The van der Waals surface area contributed by atoms with Crippen molar-refractivity contribution in [3.05, 3.63) is 29.3 Å². The number of hydrogen-bond donors (Lipinski definition) is 3. The number of nitrogen functional groups attached to an aromatic ring is 1. The minimum atomic E-state index is -0.0452. The normalized spacial score (nSPS) is 22.4. The van der Waals surface area contributed by atoms with Gasteiger partial charge in [0.25, 0.3) is 5.91 Å². The molecule has 4 N–H and O–H groups in total. The van der Waals surface area contributed by atoms with E-state index in [4.69, 9.17) is 5.84 Å². The van der Waals surface area contributed by atoms with Crippen molar-refractivity contribution in [2.45, 2.75) is 39.5 Å². The Labute approximate surface area is 121 Å². The van der Waals surface area contributed by atoms with E-state index >= 15 is 0 Å². The van der Waals surface area contributed by atoms with E-state index in [0.29, 0.717) is 17.2 Å². The first-order chi connectivity index (χ1) is 9.60. The topological polar surface area (TPSA) is 67.2 Å². The second kappa shape index (κ2) is 6.75. The molecule has 0 aromatic heterocycles. The van der Waals surface area contributed by atoms with Gasteiger partial charge in [-0.1, -0.05) is 25.8 Å². The van der Waals surface area contributed by atoms with Crippen LogP contribution in [0.5, 0.6) is 0 Å². The Bertz CT molecular complexity index is 473. The predicted molar refractivity (Wildman–Crippen MR) is 82.4 cm³/mol. The monoisotopic (exact) mass is 275 g/mol. The van der Waals surface area contributed by atoms with Crippen LogP contribution < -0.4 is 16.6 Å². The van der Waals surface area contributed by atoms with Gasteiger partial charge in [-0.25, -0.2) is 0 Å². The molecular weight excluding hydrogens is 250 g/mol. The maximum atomic E-state index is 12.3. The van der Waals surface area contributed by atoms with Crippen LogP contribution in [0.4, 0.5) is 5.69 Å². The number of nitrogens with two attached hydrogens (primary N) is 1. The Kier molecular flexibility index (Phi) is 5.01. The number of nitrogens with one attached hydrogen (secondary N) is 2. The van der Waals surface area contributed by atoms with Gasteiger partial charge in [0.1, 0.15) is 0 Å². The second-order valence-corrected chi connectivity index (χ2v) is 6.04. The summed E-state index contributed by atoms with van der Waals surface area (Å²) in [6.45, 7) is 5.04. The average Bonchev–Trinajstić information content (AvgIpc) is 2.44. The van der Waals surface area contributed by atoms with Crippen LogP contribution >= 0.6 is 0 Å². The Morgan fingerprint density at radius 2 is 2.20 bits per heavy atom. The number of anilines is 1. The molecule has 110 valence electrons. The minimum absolute atomic E-state index is 0.0452. The minimum Gasteiger partial charge on any atom is -0.352 e. The largest absolute Gasteiger partial charge is 0.352 e. The zero-order valence-corrected chi connectivity index (χ0v) is 12.4. The zero-order valence-electron chi connectivity index (χ0n) is 12.4. The summed E-state index contributed by atoms with van der Waals surface area (Å²) < 4.78 is 0. The molecule has 1 aliphatic carbocycles. The van der Waals surface area contributed by atoms with E-state index in [2.05, 4.69) is 17.7 Å². The Balaban J connectivity index is 1.94. The fraction of sp³-hybridized carbons (Fsp3) is 0.562. The molecule has 2 rings (SSSR count). The van der Waals surface area contributed by atoms with Gasteiger partial charge in [0, 0.05) is 6.54 Å². The Morgan fingerprint density at radius 1 is 1.40 bits per heavy atom. The zero-order chi connectivity index (χ0) is 14.5. The van der Waals surface area contributed by atoms with Crippen LogP contribution in [0.2, 0.25) is 0 Å². The molecule has 20 heavy (non-hydrogen) atoms. The highest BCUT2D eigenvalue weighted by molar-refractivity contribution is 5.99. The maximum Gasteiger partial charge on any atom is 0.253 e. The predicted octanol–water partition coefficient (Wildman–Crippen LogP) is 2.84. The van der Waals surface area contributed by atoms with Crippen LogP contribution in [0, 0.1) is 18.8 Å². The molecule has 1 saturated carbocycles. The van der Waals surface area contributed by atoms with Crippen LogP contribution in [0.25, 0.3) is 0 Å². The van der Waals surface area contributed by atoms with Gasteiger partial charge < -0.3 is 10.7 Å². The summed E-state index contributed by atoms with van der Waals surface area (Å²) in [5.41, 5.74) is 4.97. The lowest BCUT2D eigenvalue weighted by Crippen LogP contribution is -2.32. The van der Waals surface area contributed by atoms with Gasteiger partial charge in [-0.3, -0.25) is 10.6 Å². The smallest absolute Gasteiger partial charge is 0.253 e. The van der Waals surface area contributed by atoms with Crippen molar-refractivity contribution in [2.75, 3.05) is 12.0 Å². The average molecular weight is 275 g/mol. The molecule has 0 saturated heterocycles. The number of hydrogen-bond acceptors (Lipinski definition) is 3. The molecule has 1 fully saturated rings. The van der Waals surface area contributed by atoms with Crippen LogP contribution in [0.3, 0.4) is 0 Å². The van der Waals surface area contributed by atoms with E-state index in [1.165, 1.54) is 25.7 Å². The first-order valence-corrected chi connectivity index (χ1v) is 7.45. The van der Waals surface area contributed by atoms with E-state index in [9.17, 15) is 4.79 Å². The van der Waals surface area contributed by atoms with Gasteiger partial charge in [0.2, 0.25) is 0 Å². The van der Waals surface area contributed by atoms with Gasteiger partial charge in [-0.2, -0.15) is 0 Å². The van der Waals surface area contributed by atoms with Crippen LogP contribution in [-0.4, -0.2) is 12.5 Å². The standard InChI is InChI=1S/C16H25N3O/c1-11-4-3-5-13(8-11)10-18-16(20)14-7-6-12(2)9-15(14)19-17/h6-7,9,11,13,19H,3-5,8,10,17H2,1-2H3,(H,18,20). The number of carbonyl (C=O) groups excluding carboxylic acids is 1. The fourth-order valence-corrected chi connectivity index (χ4v) is 3.05. The highest BCUT2D eigenvalue weighted by Gasteiger charge is 2.20. The third kappa shape index (κ3) is 3.73. The van der Waals surface area contributed by atoms with Crippen molar-refractivity contribution >= 4 is 11.6 Å². The van der Waals surface area contributed by atoms with E-state index < -0.39 is 0 Å². The van der Waals surface area contributed by atoms with Crippen molar-refractivity contribution in [1.82, 2.24) is 5.32 Å². The van der Waals surface area contributed by atoms with Crippen molar-refractivity contribution in [2.24, 2.45) is 17.7 Å². The summed E-state index contributed by atoms with van der Waals surface area (Å²) in [6, 6.07) is 5.64. The van der Waals surface area contributed by atoms with Gasteiger partial charge in [0.15, 0.2) is 0 Å². The van der Waals surface area contributed by atoms with Gasteiger partial charge >= 0.3 is 0 Å². The molecule has 2 unspecified atom stereocenters. The van der Waals surface area contributed by atoms with Crippen molar-refractivity contribution in [3.8, 4) is 0 Å². The van der Waals surface area contributed by atoms with Crippen LogP contribution in [0.15, 0.2) is 18.2 Å². The van der Waals surface area contributed by atoms with Crippen molar-refractivity contribution in [1.29, 1.82) is 0 Å². The molecule has 0 radical (unpaired) electrons. The molecule has 1 aromatic carbocycles. The number of rotatable bonds is 4. The van der Waals surface area contributed by atoms with Gasteiger partial charge in [-0.15, -0.1) is 0 Å². The van der Waals surface area contributed by atoms with Gasteiger partial charge in [0.05, 0.1) is 11.3 Å². The number of hydrazine groups is 1. The number of carbonyl (C=O) groups is 1. The lowest BCUT2D eigenvalue weighted by molar-refractivity contribution is 0.0941. The summed E-state index contributed by atoms with van der Waals surface area (Å²) in [4.78, 5) is 12.3. The highest BCUT2D eigenvalue weighted by atomic mass is 16.1. The SMILES string of the molecule is Cc1ccc(C(=O)NCC2CCCC(C)C2)c(NN)c1. The molecule has 0 spiro atoms. The van der Waals surface area contributed by atoms with Crippen molar-refractivity contribution in [3.63, 3.8) is 0 Å². The van der Waals surface area contributed by atoms with E-state index in [1.54, 1.807) is 0 Å². The van der Waals surface area contributed by atoms with Gasteiger partial charge in [-0.05, 0) is 49.3 Å². The molecule has 0 bridgehead atoms. The molecule has 4 nitrogen and oxygen atoms in total. The van der Waals surface area contributed by atoms with E-state index in [-0.39, 0.29) is 5.91 Å². The number of benzene rings is 1. The molecule has 2 atom stereocenters. The lowest BCUT2D eigenvalue weighted by atomic mass is 9.82. The maximum absolute atomic E-state index is 12.3. The summed E-state index contributed by atoms with van der Waals surface area (Å²) in [7, 11) is 0. The third-order valence-electron chi connectivity index (χ3n) is 4.17. The number of amides is 1. The summed E-state index contributed by atoms with van der Waals surface area (Å²) >= 11 is 0. The summed E-state index contributed by atoms with van der Waals surface area (Å²) in [6.07, 6.45) is 5.04. The molecular formula is C16H25N3O. The first kappa shape index (κ1) is 14.9. The molecule has 1 aliphatic rings. The lowest BCUT2D eigenvalue weighted by Gasteiger charge is -2.26. The van der Waals surface area contributed by atoms with Crippen LogP contribution in [0.1, 0.15) is 48.5 Å². The first-order valence-electron chi connectivity index (χ1n) is 7.45. The molecule has 0 aliphatic heterocycles. The van der Waals surface area contributed by atoms with Crippen LogP contribution in [-0.2, 0) is 0 Å². The highest BCUT2D eigenvalue weighted by Crippen LogP contribution is 2.28. The Hall–Kier alpha value is -1.55.